The minimum absolute atomic E-state index is 0.0339. The van der Waals surface area contributed by atoms with Crippen molar-refractivity contribution in [1.82, 2.24) is 14.9 Å². The standard InChI is InChI=1S/C27H31Cl2N3O3/c1-15(2)35-23-13-21-16(11-22(23)34-6)7-10-20-24(26(33)30-14-27(3,4)5)31-25(32(20)21)18-12-17(28)8-9-19(18)29/h8-9,11-13,15H,7,10,14H2,1-6H3,(H,30,33). The first-order chi connectivity index (χ1) is 16.5. The zero-order valence-electron chi connectivity index (χ0n) is 21.0. The first-order valence-corrected chi connectivity index (χ1v) is 12.5. The second-order valence-corrected chi connectivity index (χ2v) is 11.1. The number of fused-ring (bicyclic) bond motifs is 3. The van der Waals surface area contributed by atoms with Gasteiger partial charge in [-0.15, -0.1) is 0 Å². The van der Waals surface area contributed by atoms with Gasteiger partial charge in [-0.1, -0.05) is 44.0 Å². The quantitative estimate of drug-likeness (QED) is 0.405. The van der Waals surface area contributed by atoms with E-state index in [1.165, 1.54) is 0 Å². The van der Waals surface area contributed by atoms with Crippen LogP contribution in [-0.4, -0.2) is 35.2 Å². The Morgan fingerprint density at radius 1 is 1.14 bits per heavy atom. The van der Waals surface area contributed by atoms with E-state index in [1.54, 1.807) is 25.3 Å². The average molecular weight is 516 g/mol. The molecule has 35 heavy (non-hydrogen) atoms. The lowest BCUT2D eigenvalue weighted by Gasteiger charge is -2.24. The third-order valence-electron chi connectivity index (χ3n) is 5.74. The van der Waals surface area contributed by atoms with E-state index in [4.69, 9.17) is 37.7 Å². The fourth-order valence-electron chi connectivity index (χ4n) is 4.16. The van der Waals surface area contributed by atoms with Crippen LogP contribution in [0.15, 0.2) is 30.3 Å². The molecule has 4 rings (SSSR count). The highest BCUT2D eigenvalue weighted by molar-refractivity contribution is 6.35. The number of nitrogens with zero attached hydrogens (tertiary/aromatic N) is 2. The molecule has 3 aromatic rings. The number of benzene rings is 2. The molecule has 2 heterocycles. The predicted molar refractivity (Wildman–Crippen MR) is 141 cm³/mol. The largest absolute Gasteiger partial charge is 0.493 e. The van der Waals surface area contributed by atoms with Crippen molar-refractivity contribution in [2.24, 2.45) is 5.41 Å². The fourth-order valence-corrected chi connectivity index (χ4v) is 4.54. The van der Waals surface area contributed by atoms with Gasteiger partial charge in [-0.3, -0.25) is 9.36 Å². The summed E-state index contributed by atoms with van der Waals surface area (Å²) in [5, 5.41) is 4.08. The van der Waals surface area contributed by atoms with Crippen LogP contribution in [-0.2, 0) is 12.8 Å². The molecule has 0 saturated heterocycles. The second-order valence-electron chi connectivity index (χ2n) is 10.2. The summed E-state index contributed by atoms with van der Waals surface area (Å²) in [4.78, 5) is 18.1. The van der Waals surface area contributed by atoms with Crippen molar-refractivity contribution in [1.29, 1.82) is 0 Å². The Kier molecular flexibility index (Phi) is 7.07. The molecule has 1 aliphatic heterocycles. The van der Waals surface area contributed by atoms with Gasteiger partial charge < -0.3 is 14.8 Å². The zero-order valence-corrected chi connectivity index (χ0v) is 22.5. The molecular formula is C27H31Cl2N3O3. The maximum atomic E-state index is 13.3. The van der Waals surface area contributed by atoms with Gasteiger partial charge in [-0.25, -0.2) is 4.98 Å². The van der Waals surface area contributed by atoms with Crippen LogP contribution in [0, 0.1) is 5.41 Å². The molecule has 0 bridgehead atoms. The first-order valence-electron chi connectivity index (χ1n) is 11.7. The fraction of sp³-hybridized carbons (Fsp3) is 0.407. The number of ether oxygens (including phenoxy) is 2. The van der Waals surface area contributed by atoms with E-state index in [9.17, 15) is 4.79 Å². The summed E-state index contributed by atoms with van der Waals surface area (Å²) >= 11 is 12.9. The van der Waals surface area contributed by atoms with Crippen LogP contribution >= 0.6 is 23.2 Å². The summed E-state index contributed by atoms with van der Waals surface area (Å²) in [6, 6.07) is 9.21. The Hall–Kier alpha value is -2.70. The van der Waals surface area contributed by atoms with E-state index in [1.807, 2.05) is 30.5 Å². The Morgan fingerprint density at radius 3 is 2.54 bits per heavy atom. The van der Waals surface area contributed by atoms with Crippen molar-refractivity contribution in [3.63, 3.8) is 0 Å². The molecule has 1 aromatic heterocycles. The molecule has 1 N–H and O–H groups in total. The lowest BCUT2D eigenvalue weighted by molar-refractivity contribution is 0.0933. The molecule has 0 fully saturated rings. The summed E-state index contributed by atoms with van der Waals surface area (Å²) < 4.78 is 13.7. The summed E-state index contributed by atoms with van der Waals surface area (Å²) in [5.41, 5.74) is 3.79. The number of amides is 1. The molecule has 0 atom stereocenters. The maximum absolute atomic E-state index is 13.3. The predicted octanol–water partition coefficient (Wildman–Crippen LogP) is 6.52. The Bertz CT molecular complexity index is 1280. The Labute approximate surface area is 216 Å². The van der Waals surface area contributed by atoms with Crippen LogP contribution < -0.4 is 14.8 Å². The van der Waals surface area contributed by atoms with Gasteiger partial charge in [0.05, 0.1) is 29.6 Å². The van der Waals surface area contributed by atoms with Crippen LogP contribution in [0.3, 0.4) is 0 Å². The molecular weight excluding hydrogens is 485 g/mol. The van der Waals surface area contributed by atoms with Gasteiger partial charge in [0.15, 0.2) is 11.5 Å². The molecule has 0 spiro atoms. The number of carbonyl (C=O) groups excluding carboxylic acids is 1. The highest BCUT2D eigenvalue weighted by atomic mass is 35.5. The lowest BCUT2D eigenvalue weighted by atomic mass is 9.96. The number of hydrogen-bond donors (Lipinski definition) is 1. The van der Waals surface area contributed by atoms with Gasteiger partial charge in [0.1, 0.15) is 11.5 Å². The third kappa shape index (κ3) is 5.29. The van der Waals surface area contributed by atoms with Crippen LogP contribution in [0.1, 0.15) is 56.4 Å². The van der Waals surface area contributed by atoms with Crippen molar-refractivity contribution < 1.29 is 14.3 Å². The van der Waals surface area contributed by atoms with Gasteiger partial charge in [-0.2, -0.15) is 0 Å². The van der Waals surface area contributed by atoms with Crippen LogP contribution in [0.5, 0.6) is 11.5 Å². The van der Waals surface area contributed by atoms with Gasteiger partial charge in [-0.05, 0) is 61.9 Å². The Balaban J connectivity index is 1.94. The normalized spacial score (nSPS) is 12.8. The van der Waals surface area contributed by atoms with Gasteiger partial charge >= 0.3 is 0 Å². The van der Waals surface area contributed by atoms with Crippen molar-refractivity contribution >= 4 is 29.1 Å². The van der Waals surface area contributed by atoms with E-state index in [2.05, 4.69) is 26.1 Å². The topological polar surface area (TPSA) is 65.4 Å². The average Bonchev–Trinajstić information content (AvgIpc) is 3.17. The summed E-state index contributed by atoms with van der Waals surface area (Å²) in [6.45, 7) is 10.7. The highest BCUT2D eigenvalue weighted by Crippen LogP contribution is 2.41. The van der Waals surface area contributed by atoms with Crippen LogP contribution in [0.2, 0.25) is 10.0 Å². The number of aromatic nitrogens is 2. The Morgan fingerprint density at radius 2 is 1.89 bits per heavy atom. The molecule has 0 saturated carbocycles. The summed E-state index contributed by atoms with van der Waals surface area (Å²) in [5.74, 6) is 1.66. The first kappa shape index (κ1) is 25.4. The zero-order chi connectivity index (χ0) is 25.5. The highest BCUT2D eigenvalue weighted by Gasteiger charge is 2.30. The molecule has 186 valence electrons. The van der Waals surface area contributed by atoms with Crippen molar-refractivity contribution in [3.05, 3.63) is 57.3 Å². The third-order valence-corrected chi connectivity index (χ3v) is 6.30. The minimum atomic E-state index is -0.205. The SMILES string of the molecule is COc1cc2c(cc1OC(C)C)-n1c(-c3cc(Cl)ccc3Cl)nc(C(=O)NCC(C)(C)C)c1CC2. The number of methoxy groups -OCH3 is 1. The molecule has 0 radical (unpaired) electrons. The van der Waals surface area contributed by atoms with Crippen LogP contribution in [0.4, 0.5) is 0 Å². The monoisotopic (exact) mass is 515 g/mol. The van der Waals surface area contributed by atoms with E-state index in [0.717, 1.165) is 23.4 Å². The molecule has 1 aliphatic rings. The number of hydrogen-bond acceptors (Lipinski definition) is 4. The summed E-state index contributed by atoms with van der Waals surface area (Å²) in [7, 11) is 1.63. The van der Waals surface area contributed by atoms with Crippen molar-refractivity contribution in [2.45, 2.75) is 53.6 Å². The van der Waals surface area contributed by atoms with Gasteiger partial charge in [0.2, 0.25) is 0 Å². The van der Waals surface area contributed by atoms with Crippen molar-refractivity contribution in [3.8, 4) is 28.6 Å². The van der Waals surface area contributed by atoms with E-state index in [0.29, 0.717) is 51.6 Å². The molecule has 6 nitrogen and oxygen atoms in total. The van der Waals surface area contributed by atoms with Crippen molar-refractivity contribution in [2.75, 3.05) is 13.7 Å². The van der Waals surface area contributed by atoms with Crippen LogP contribution in [0.25, 0.3) is 17.1 Å². The second kappa shape index (κ2) is 9.75. The number of imidazole rings is 1. The molecule has 0 unspecified atom stereocenters. The number of carbonyl (C=O) groups is 1. The number of halogens is 2. The van der Waals surface area contributed by atoms with Gasteiger partial charge in [0, 0.05) is 23.2 Å². The number of rotatable bonds is 6. The van der Waals surface area contributed by atoms with E-state index >= 15 is 0 Å². The molecule has 1 amide bonds. The van der Waals surface area contributed by atoms with Gasteiger partial charge in [0.25, 0.3) is 5.91 Å². The lowest BCUT2D eigenvalue weighted by Crippen LogP contribution is -2.33. The van der Waals surface area contributed by atoms with E-state index < -0.39 is 0 Å². The maximum Gasteiger partial charge on any atom is 0.271 e. The summed E-state index contributed by atoms with van der Waals surface area (Å²) in [6.07, 6.45) is 1.35. The smallest absolute Gasteiger partial charge is 0.271 e. The minimum Gasteiger partial charge on any atom is -0.493 e. The number of nitrogens with one attached hydrogen (secondary N) is 1. The molecule has 8 heteroatoms. The number of aryl methyl sites for hydroxylation is 1. The molecule has 2 aromatic carbocycles. The van der Waals surface area contributed by atoms with E-state index in [-0.39, 0.29) is 17.4 Å². The molecule has 0 aliphatic carbocycles.